The molecule has 1 aliphatic rings. The Morgan fingerprint density at radius 3 is 2.64 bits per heavy atom. The van der Waals surface area contributed by atoms with Gasteiger partial charge in [-0.25, -0.2) is 4.98 Å². The lowest BCUT2D eigenvalue weighted by Gasteiger charge is -2.11. The minimum absolute atomic E-state index is 0.206. The van der Waals surface area contributed by atoms with Crippen LogP contribution in [0.1, 0.15) is 37.5 Å². The van der Waals surface area contributed by atoms with E-state index in [1.165, 1.54) is 18.6 Å². The molecule has 0 saturated carbocycles. The predicted octanol–water partition coefficient (Wildman–Crippen LogP) is 3.32. The minimum Gasteiger partial charge on any atom is -0.372 e. The van der Waals surface area contributed by atoms with Gasteiger partial charge in [-0.05, 0) is 47.9 Å². The molecule has 2 heterocycles. The third-order valence-electron chi connectivity index (χ3n) is 4.52. The summed E-state index contributed by atoms with van der Waals surface area (Å²) in [5.74, 6) is -0.638. The highest BCUT2D eigenvalue weighted by Gasteiger charge is 2.15. The van der Waals surface area contributed by atoms with Gasteiger partial charge in [0.25, 0.3) is 11.8 Å². The first-order valence-corrected chi connectivity index (χ1v) is 8.79. The molecule has 0 bridgehead atoms. The van der Waals surface area contributed by atoms with Gasteiger partial charge >= 0.3 is 0 Å². The molecule has 0 spiro atoms. The van der Waals surface area contributed by atoms with Crippen LogP contribution in [0.4, 0.5) is 11.4 Å². The smallest absolute Gasteiger partial charge is 0.275 e. The van der Waals surface area contributed by atoms with E-state index in [9.17, 15) is 9.59 Å². The van der Waals surface area contributed by atoms with Gasteiger partial charge in [-0.1, -0.05) is 12.1 Å². The van der Waals surface area contributed by atoms with E-state index >= 15 is 0 Å². The number of fused-ring (bicyclic) bond motifs is 1. The second-order valence-electron chi connectivity index (χ2n) is 6.50. The molecule has 7 heteroatoms. The van der Waals surface area contributed by atoms with Gasteiger partial charge in [0.05, 0.1) is 19.4 Å². The summed E-state index contributed by atoms with van der Waals surface area (Å²) in [6.45, 7) is 3.02. The van der Waals surface area contributed by atoms with E-state index in [1.54, 1.807) is 18.2 Å². The molecule has 28 heavy (non-hydrogen) atoms. The van der Waals surface area contributed by atoms with Crippen LogP contribution in [0.5, 0.6) is 0 Å². The maximum absolute atomic E-state index is 12.7. The Balaban J connectivity index is 1.51. The second kappa shape index (κ2) is 7.58. The van der Waals surface area contributed by atoms with Gasteiger partial charge in [-0.2, -0.15) is 0 Å². The second-order valence-corrected chi connectivity index (χ2v) is 6.50. The normalized spacial score (nSPS) is 12.3. The molecule has 2 amide bonds. The molecule has 2 aromatic carbocycles. The first-order valence-electron chi connectivity index (χ1n) is 8.79. The fraction of sp³-hybridized carbons (Fsp3) is 0.143. The van der Waals surface area contributed by atoms with Crippen LogP contribution < -0.4 is 10.6 Å². The van der Waals surface area contributed by atoms with Gasteiger partial charge < -0.3 is 15.4 Å². The lowest BCUT2D eigenvalue weighted by molar-refractivity contribution is 0.101. The van der Waals surface area contributed by atoms with Crippen molar-refractivity contribution >= 4 is 23.2 Å². The third-order valence-corrected chi connectivity index (χ3v) is 4.52. The molecule has 1 aromatic heterocycles. The van der Waals surface area contributed by atoms with E-state index in [-0.39, 0.29) is 17.5 Å². The number of anilines is 2. The standard InChI is InChI=1S/C21H18N4O3/c1-13-2-3-14(9-18(13)25-21(27)19-10-22-6-7-23-19)20(26)24-17-5-4-15-11-28-12-16(15)8-17/h2-10H,11-12H2,1H3,(H,24,26)(H,25,27). The Bertz CT molecular complexity index is 1050. The van der Waals surface area contributed by atoms with Crippen LogP contribution >= 0.6 is 0 Å². The quantitative estimate of drug-likeness (QED) is 0.731. The monoisotopic (exact) mass is 374 g/mol. The van der Waals surface area contributed by atoms with E-state index in [1.807, 2.05) is 25.1 Å². The summed E-state index contributed by atoms with van der Waals surface area (Å²) in [6, 6.07) is 10.9. The molecule has 0 fully saturated rings. The Morgan fingerprint density at radius 1 is 0.964 bits per heavy atom. The maximum atomic E-state index is 12.7. The Kier molecular flexibility index (Phi) is 4.82. The molecular weight excluding hydrogens is 356 g/mol. The summed E-state index contributed by atoms with van der Waals surface area (Å²) >= 11 is 0. The van der Waals surface area contributed by atoms with Gasteiger partial charge in [0.2, 0.25) is 0 Å². The van der Waals surface area contributed by atoms with Crippen molar-refractivity contribution in [2.45, 2.75) is 20.1 Å². The van der Waals surface area contributed by atoms with Gasteiger partial charge in [0, 0.05) is 29.3 Å². The van der Waals surface area contributed by atoms with Crippen molar-refractivity contribution in [1.82, 2.24) is 9.97 Å². The number of ether oxygens (including phenoxy) is 1. The van der Waals surface area contributed by atoms with Gasteiger partial charge in [-0.3, -0.25) is 14.6 Å². The van der Waals surface area contributed by atoms with E-state index in [4.69, 9.17) is 4.74 Å². The van der Waals surface area contributed by atoms with Crippen LogP contribution in [0.25, 0.3) is 0 Å². The zero-order chi connectivity index (χ0) is 19.5. The Hall–Kier alpha value is -3.58. The molecule has 0 aliphatic carbocycles. The molecule has 140 valence electrons. The lowest BCUT2D eigenvalue weighted by atomic mass is 10.1. The van der Waals surface area contributed by atoms with Crippen LogP contribution in [0.2, 0.25) is 0 Å². The Morgan fingerprint density at radius 2 is 1.82 bits per heavy atom. The zero-order valence-corrected chi connectivity index (χ0v) is 15.2. The average Bonchev–Trinajstić information content (AvgIpc) is 3.18. The number of nitrogens with zero attached hydrogens (tertiary/aromatic N) is 2. The number of carbonyl (C=O) groups excluding carboxylic acids is 2. The SMILES string of the molecule is Cc1ccc(C(=O)Nc2ccc3c(c2)COC3)cc1NC(=O)c1cnccn1. The van der Waals surface area contributed by atoms with Crippen LogP contribution in [-0.4, -0.2) is 21.8 Å². The molecule has 7 nitrogen and oxygen atoms in total. The van der Waals surface area contributed by atoms with Crippen molar-refractivity contribution in [2.75, 3.05) is 10.6 Å². The van der Waals surface area contributed by atoms with E-state index in [0.29, 0.717) is 30.2 Å². The number of benzene rings is 2. The fourth-order valence-corrected chi connectivity index (χ4v) is 2.95. The highest BCUT2D eigenvalue weighted by Crippen LogP contribution is 2.24. The molecule has 0 unspecified atom stereocenters. The average molecular weight is 374 g/mol. The first-order chi connectivity index (χ1) is 13.6. The number of rotatable bonds is 4. The van der Waals surface area contributed by atoms with Crippen molar-refractivity contribution in [3.8, 4) is 0 Å². The number of carbonyl (C=O) groups is 2. The number of hydrogen-bond acceptors (Lipinski definition) is 5. The molecule has 0 atom stereocenters. The van der Waals surface area contributed by atoms with Crippen molar-refractivity contribution < 1.29 is 14.3 Å². The molecule has 3 aromatic rings. The van der Waals surface area contributed by atoms with Crippen molar-refractivity contribution in [1.29, 1.82) is 0 Å². The molecular formula is C21H18N4O3. The highest BCUT2D eigenvalue weighted by atomic mass is 16.5. The van der Waals surface area contributed by atoms with Gasteiger partial charge in [0.15, 0.2) is 0 Å². The third kappa shape index (κ3) is 3.74. The maximum Gasteiger partial charge on any atom is 0.275 e. The first kappa shape index (κ1) is 17.8. The fourth-order valence-electron chi connectivity index (χ4n) is 2.95. The van der Waals surface area contributed by atoms with Crippen LogP contribution in [0.15, 0.2) is 55.0 Å². The number of nitrogens with one attached hydrogen (secondary N) is 2. The molecule has 4 rings (SSSR count). The summed E-state index contributed by atoms with van der Waals surface area (Å²) in [6.07, 6.45) is 4.34. The largest absolute Gasteiger partial charge is 0.372 e. The zero-order valence-electron chi connectivity index (χ0n) is 15.2. The van der Waals surface area contributed by atoms with Gasteiger partial charge in [0.1, 0.15) is 5.69 Å². The van der Waals surface area contributed by atoms with E-state index in [2.05, 4.69) is 20.6 Å². The number of hydrogen-bond donors (Lipinski definition) is 2. The van der Waals surface area contributed by atoms with Crippen molar-refractivity contribution in [3.05, 3.63) is 82.9 Å². The van der Waals surface area contributed by atoms with E-state index in [0.717, 1.165) is 16.7 Å². The lowest BCUT2D eigenvalue weighted by Crippen LogP contribution is -2.16. The van der Waals surface area contributed by atoms with Crippen molar-refractivity contribution in [2.24, 2.45) is 0 Å². The molecule has 0 saturated heterocycles. The molecule has 0 radical (unpaired) electrons. The summed E-state index contributed by atoms with van der Waals surface area (Å²) in [5, 5.41) is 5.67. The summed E-state index contributed by atoms with van der Waals surface area (Å²) in [5.41, 5.74) is 4.96. The van der Waals surface area contributed by atoms with Crippen LogP contribution in [0, 0.1) is 6.92 Å². The minimum atomic E-state index is -0.382. The summed E-state index contributed by atoms with van der Waals surface area (Å²) in [4.78, 5) is 32.9. The number of aromatic nitrogens is 2. The number of amides is 2. The van der Waals surface area contributed by atoms with Crippen LogP contribution in [-0.2, 0) is 18.0 Å². The topological polar surface area (TPSA) is 93.2 Å². The van der Waals surface area contributed by atoms with E-state index < -0.39 is 0 Å². The summed E-state index contributed by atoms with van der Waals surface area (Å²) in [7, 11) is 0. The molecule has 1 aliphatic heterocycles. The van der Waals surface area contributed by atoms with Crippen molar-refractivity contribution in [3.63, 3.8) is 0 Å². The Labute approximate surface area is 161 Å². The van der Waals surface area contributed by atoms with Gasteiger partial charge in [-0.15, -0.1) is 0 Å². The predicted molar refractivity (Wildman–Crippen MR) is 104 cm³/mol. The highest BCUT2D eigenvalue weighted by molar-refractivity contribution is 6.07. The number of aryl methyl sites for hydroxylation is 1. The summed E-state index contributed by atoms with van der Waals surface area (Å²) < 4.78 is 5.40. The van der Waals surface area contributed by atoms with Crippen LogP contribution in [0.3, 0.4) is 0 Å². The molecule has 2 N–H and O–H groups in total.